The fourth-order valence-electron chi connectivity index (χ4n) is 7.35. The Morgan fingerprint density at radius 3 is 2.37 bits per heavy atom. The fourth-order valence-corrected chi connectivity index (χ4v) is 8.44. The summed E-state index contributed by atoms with van der Waals surface area (Å²) in [6.07, 6.45) is 8.77. The molecular weight excluding hydrogens is 543 g/mol. The van der Waals surface area contributed by atoms with E-state index in [1.165, 1.54) is 63.9 Å². The van der Waals surface area contributed by atoms with Gasteiger partial charge in [-0.15, -0.1) is 11.3 Å². The van der Waals surface area contributed by atoms with Crippen LogP contribution in [0.4, 0.5) is 0 Å². The van der Waals surface area contributed by atoms with Crippen LogP contribution in [0.2, 0.25) is 0 Å². The van der Waals surface area contributed by atoms with Gasteiger partial charge in [0.15, 0.2) is 0 Å². The lowest BCUT2D eigenvalue weighted by atomic mass is 9.88. The Balaban J connectivity index is 1.35. The average Bonchev–Trinajstić information content (AvgIpc) is 3.73. The highest BCUT2D eigenvalue weighted by Gasteiger charge is 2.36. The van der Waals surface area contributed by atoms with Crippen LogP contribution in [0.25, 0.3) is 69.6 Å². The van der Waals surface area contributed by atoms with E-state index < -0.39 is 0 Å². The minimum atomic E-state index is 0.00446. The molecule has 6 aromatic carbocycles. The molecule has 10 rings (SSSR count). The molecule has 0 fully saturated rings. The first-order valence-electron chi connectivity index (χ1n) is 14.8. The number of aromatic nitrogens is 1. The number of benzene rings is 6. The van der Waals surface area contributed by atoms with E-state index in [1.807, 2.05) is 11.3 Å². The summed E-state index contributed by atoms with van der Waals surface area (Å²) in [7, 11) is 0. The smallest absolute Gasteiger partial charge is 0.148 e. The van der Waals surface area contributed by atoms with E-state index in [0.29, 0.717) is 0 Å². The number of ether oxygens (including phenoxy) is 1. The number of hydrogen-bond acceptors (Lipinski definition) is 2. The summed E-state index contributed by atoms with van der Waals surface area (Å²) < 4.78 is 11.9. The van der Waals surface area contributed by atoms with Crippen LogP contribution in [-0.4, -0.2) is 10.7 Å². The summed E-state index contributed by atoms with van der Waals surface area (Å²) in [4.78, 5) is 0. The largest absolute Gasteiger partial charge is 0.483 e. The number of thiophene rings is 1. The van der Waals surface area contributed by atoms with Gasteiger partial charge in [-0.1, -0.05) is 91.0 Å². The van der Waals surface area contributed by atoms with Gasteiger partial charge in [0.25, 0.3) is 0 Å². The second-order valence-corrected chi connectivity index (χ2v) is 12.7. The van der Waals surface area contributed by atoms with Gasteiger partial charge in [0.1, 0.15) is 11.9 Å². The van der Waals surface area contributed by atoms with Gasteiger partial charge in [-0.05, 0) is 70.4 Å². The van der Waals surface area contributed by atoms with Crippen molar-refractivity contribution < 1.29 is 4.74 Å². The zero-order chi connectivity index (χ0) is 28.1. The SMILES string of the molecule is C1=CC2Oc3c(cc(-c4ccc5sc6ccccc6c5c4)c4c5ccccc5n(-c5ccc6ccccc6c5)c34)C2C=C1. The molecule has 0 amide bonds. The Hall–Kier alpha value is -5.12. The highest BCUT2D eigenvalue weighted by Crippen LogP contribution is 2.52. The van der Waals surface area contributed by atoms with Crippen molar-refractivity contribution in [1.82, 2.24) is 4.57 Å². The van der Waals surface area contributed by atoms with Crippen molar-refractivity contribution in [3.8, 4) is 22.6 Å². The van der Waals surface area contributed by atoms with Crippen LogP contribution >= 0.6 is 11.3 Å². The van der Waals surface area contributed by atoms with Crippen LogP contribution in [0.5, 0.6) is 5.75 Å². The Morgan fingerprint density at radius 1 is 0.628 bits per heavy atom. The first-order valence-corrected chi connectivity index (χ1v) is 15.7. The normalized spacial score (nSPS) is 17.3. The van der Waals surface area contributed by atoms with Crippen molar-refractivity contribution in [2.75, 3.05) is 0 Å². The summed E-state index contributed by atoms with van der Waals surface area (Å²) in [6.45, 7) is 0. The lowest BCUT2D eigenvalue weighted by molar-refractivity contribution is 0.271. The molecule has 2 unspecified atom stereocenters. The van der Waals surface area contributed by atoms with Gasteiger partial charge >= 0.3 is 0 Å². The molecule has 1 aliphatic heterocycles. The molecule has 0 bridgehead atoms. The lowest BCUT2D eigenvalue weighted by Gasteiger charge is -2.14. The van der Waals surface area contributed by atoms with Crippen molar-refractivity contribution in [1.29, 1.82) is 0 Å². The summed E-state index contributed by atoms with van der Waals surface area (Å²) in [6, 6.07) is 42.4. The van der Waals surface area contributed by atoms with Crippen molar-refractivity contribution in [2.24, 2.45) is 0 Å². The summed E-state index contributed by atoms with van der Waals surface area (Å²) in [5, 5.41) is 7.60. The molecule has 3 heteroatoms. The predicted octanol–water partition coefficient (Wildman–Crippen LogP) is 10.9. The highest BCUT2D eigenvalue weighted by atomic mass is 32.1. The molecule has 2 atom stereocenters. The lowest BCUT2D eigenvalue weighted by Crippen LogP contribution is -2.15. The number of allylic oxidation sites excluding steroid dienone is 2. The van der Waals surface area contributed by atoms with Gasteiger partial charge in [0.05, 0.1) is 11.0 Å². The standard InChI is InChI=1S/C40H25NOS/c1-2-10-25-21-27(19-17-24(25)9-1)41-34-14-6-3-13-30(34)38-31(23-33-28-11-4-7-15-35(28)42-40(33)39(38)41)26-18-20-37-32(22-26)29-12-5-8-16-36(29)43-37/h1-23,28,35H. The Labute approximate surface area is 252 Å². The second kappa shape index (κ2) is 8.70. The van der Waals surface area contributed by atoms with E-state index in [9.17, 15) is 0 Å². The molecule has 1 aliphatic carbocycles. The zero-order valence-corrected chi connectivity index (χ0v) is 24.0. The van der Waals surface area contributed by atoms with Crippen LogP contribution < -0.4 is 4.74 Å². The van der Waals surface area contributed by atoms with Crippen molar-refractivity contribution in [3.63, 3.8) is 0 Å². The Morgan fingerprint density at radius 2 is 1.42 bits per heavy atom. The number of nitrogens with zero attached hydrogens (tertiary/aromatic N) is 1. The van der Waals surface area contributed by atoms with E-state index in [-0.39, 0.29) is 12.0 Å². The van der Waals surface area contributed by atoms with Crippen molar-refractivity contribution in [3.05, 3.63) is 145 Å². The van der Waals surface area contributed by atoms with Crippen molar-refractivity contribution in [2.45, 2.75) is 12.0 Å². The van der Waals surface area contributed by atoms with Crippen LogP contribution in [0, 0.1) is 0 Å². The molecule has 202 valence electrons. The minimum absolute atomic E-state index is 0.00446. The molecule has 2 aliphatic rings. The Kier molecular flexibility index (Phi) is 4.74. The maximum absolute atomic E-state index is 6.85. The highest BCUT2D eigenvalue weighted by molar-refractivity contribution is 7.25. The van der Waals surface area contributed by atoms with Gasteiger partial charge in [-0.3, -0.25) is 0 Å². The number of fused-ring (bicyclic) bond motifs is 11. The van der Waals surface area contributed by atoms with E-state index >= 15 is 0 Å². The molecule has 0 N–H and O–H groups in total. The summed E-state index contributed by atoms with van der Waals surface area (Å²) >= 11 is 1.87. The molecule has 8 aromatic rings. The summed E-state index contributed by atoms with van der Waals surface area (Å²) in [5.41, 5.74) is 7.24. The third kappa shape index (κ3) is 3.28. The number of para-hydroxylation sites is 1. The molecule has 0 saturated carbocycles. The topological polar surface area (TPSA) is 14.2 Å². The van der Waals surface area contributed by atoms with Crippen LogP contribution in [0.15, 0.2) is 140 Å². The molecule has 0 spiro atoms. The number of rotatable bonds is 2. The monoisotopic (exact) mass is 567 g/mol. The van der Waals surface area contributed by atoms with Crippen LogP contribution in [-0.2, 0) is 0 Å². The first kappa shape index (κ1) is 23.4. The quantitative estimate of drug-likeness (QED) is 0.203. The fraction of sp³-hybridized carbons (Fsp3) is 0.0500. The van der Waals surface area contributed by atoms with Gasteiger partial charge in [0, 0.05) is 48.1 Å². The van der Waals surface area contributed by atoms with Crippen LogP contribution in [0.3, 0.4) is 0 Å². The maximum Gasteiger partial charge on any atom is 0.148 e. The van der Waals surface area contributed by atoms with Crippen molar-refractivity contribution >= 4 is 64.1 Å². The molecule has 2 nitrogen and oxygen atoms in total. The Bertz CT molecular complexity index is 2510. The van der Waals surface area contributed by atoms with Gasteiger partial charge in [-0.2, -0.15) is 0 Å². The molecule has 3 heterocycles. The zero-order valence-electron chi connectivity index (χ0n) is 23.2. The van der Waals surface area contributed by atoms with E-state index in [4.69, 9.17) is 4.74 Å². The van der Waals surface area contributed by atoms with Gasteiger partial charge < -0.3 is 9.30 Å². The summed E-state index contributed by atoms with van der Waals surface area (Å²) in [5.74, 6) is 1.19. The molecule has 0 saturated heterocycles. The van der Waals surface area contributed by atoms with Crippen LogP contribution in [0.1, 0.15) is 11.5 Å². The third-order valence-corrected chi connectivity index (χ3v) is 10.4. The predicted molar refractivity (Wildman–Crippen MR) is 182 cm³/mol. The third-order valence-electron chi connectivity index (χ3n) is 9.30. The molecule has 0 radical (unpaired) electrons. The molecule has 2 aromatic heterocycles. The average molecular weight is 568 g/mol. The minimum Gasteiger partial charge on any atom is -0.483 e. The molecular formula is C40H25NOS. The maximum atomic E-state index is 6.85. The number of hydrogen-bond donors (Lipinski definition) is 0. The van der Waals surface area contributed by atoms with E-state index in [0.717, 1.165) is 17.0 Å². The first-order chi connectivity index (χ1) is 21.3. The van der Waals surface area contributed by atoms with E-state index in [2.05, 4.69) is 144 Å². The van der Waals surface area contributed by atoms with Gasteiger partial charge in [0.2, 0.25) is 0 Å². The van der Waals surface area contributed by atoms with Gasteiger partial charge in [-0.25, -0.2) is 0 Å². The van der Waals surface area contributed by atoms with E-state index in [1.54, 1.807) is 0 Å². The second-order valence-electron chi connectivity index (χ2n) is 11.6. The molecule has 43 heavy (non-hydrogen) atoms.